The van der Waals surface area contributed by atoms with E-state index in [1.807, 2.05) is 54.8 Å². The summed E-state index contributed by atoms with van der Waals surface area (Å²) in [6.45, 7) is 6.69. The Morgan fingerprint density at radius 2 is 2.00 bits per heavy atom. The van der Waals surface area contributed by atoms with Crippen LogP contribution in [0.4, 0.5) is 11.5 Å². The summed E-state index contributed by atoms with van der Waals surface area (Å²) in [5, 5.41) is 15.7. The quantitative estimate of drug-likeness (QED) is 0.421. The van der Waals surface area contributed by atoms with Gasteiger partial charge in [-0.05, 0) is 63.1 Å². The lowest BCUT2D eigenvalue weighted by Gasteiger charge is -2.20. The molecule has 3 aromatic heterocycles. The van der Waals surface area contributed by atoms with E-state index in [-0.39, 0.29) is 5.54 Å². The van der Waals surface area contributed by atoms with Crippen molar-refractivity contribution in [1.82, 2.24) is 24.6 Å². The predicted molar refractivity (Wildman–Crippen MR) is 138 cm³/mol. The fourth-order valence-corrected chi connectivity index (χ4v) is 4.25. The van der Waals surface area contributed by atoms with Crippen LogP contribution in [-0.4, -0.2) is 42.7 Å². The normalized spacial score (nSPS) is 17.1. The van der Waals surface area contributed by atoms with Crippen LogP contribution in [0.25, 0.3) is 16.6 Å². The lowest BCUT2D eigenvalue weighted by molar-refractivity contribution is 0.278. The van der Waals surface area contributed by atoms with E-state index in [9.17, 15) is 0 Å². The number of anilines is 2. The first-order chi connectivity index (χ1) is 17.4. The van der Waals surface area contributed by atoms with Crippen LogP contribution in [-0.2, 0) is 4.74 Å². The highest BCUT2D eigenvalue weighted by Crippen LogP contribution is 2.30. The zero-order chi connectivity index (χ0) is 24.7. The van der Waals surface area contributed by atoms with E-state index in [4.69, 9.17) is 9.47 Å². The lowest BCUT2D eigenvalue weighted by atomic mass is 10.0. The minimum absolute atomic E-state index is 0.223. The first-order valence-corrected chi connectivity index (χ1v) is 11.8. The molecule has 0 atom stereocenters. The Bertz CT molecular complexity index is 1570. The smallest absolute Gasteiger partial charge is 0.289 e. The number of benzene rings is 1. The van der Waals surface area contributed by atoms with Crippen molar-refractivity contribution in [1.29, 1.82) is 0 Å². The number of fused-ring (bicyclic) bond motifs is 2. The molecule has 0 saturated heterocycles. The summed E-state index contributed by atoms with van der Waals surface area (Å²) in [7, 11) is 0. The highest BCUT2D eigenvalue weighted by Gasteiger charge is 2.26. The Kier molecular flexibility index (Phi) is 5.28. The molecule has 0 unspecified atom stereocenters. The fraction of sp³-hybridized carbons (Fsp3) is 0.269. The number of pyridine rings is 1. The molecule has 10 heteroatoms. The molecule has 0 spiro atoms. The van der Waals surface area contributed by atoms with Crippen LogP contribution in [0.1, 0.15) is 33.6 Å². The molecule has 4 aromatic rings. The van der Waals surface area contributed by atoms with Crippen molar-refractivity contribution < 1.29 is 9.47 Å². The second-order valence-electron chi connectivity index (χ2n) is 9.56. The molecule has 4 heterocycles. The van der Waals surface area contributed by atoms with Crippen LogP contribution < -0.4 is 15.4 Å². The molecule has 6 rings (SSSR count). The lowest BCUT2D eigenvalue weighted by Crippen LogP contribution is -2.17. The van der Waals surface area contributed by atoms with E-state index in [0.717, 1.165) is 63.7 Å². The predicted octanol–water partition coefficient (Wildman–Crippen LogP) is 4.69. The van der Waals surface area contributed by atoms with Gasteiger partial charge >= 0.3 is 0 Å². The number of aromatic nitrogens is 5. The summed E-state index contributed by atoms with van der Waals surface area (Å²) in [5.74, 6) is 2.43. The first-order valence-electron chi connectivity index (χ1n) is 11.8. The summed E-state index contributed by atoms with van der Waals surface area (Å²) in [4.78, 5) is 13.5. The number of rotatable bonds is 5. The van der Waals surface area contributed by atoms with Gasteiger partial charge in [0.05, 0.1) is 11.1 Å². The van der Waals surface area contributed by atoms with E-state index >= 15 is 0 Å². The second kappa shape index (κ2) is 8.63. The molecule has 1 aliphatic heterocycles. The van der Waals surface area contributed by atoms with Crippen molar-refractivity contribution in [2.24, 2.45) is 4.99 Å². The van der Waals surface area contributed by atoms with Crippen molar-refractivity contribution in [2.45, 2.75) is 39.2 Å². The Labute approximate surface area is 207 Å². The van der Waals surface area contributed by atoms with Crippen LogP contribution in [0, 0.1) is 0 Å². The van der Waals surface area contributed by atoms with Gasteiger partial charge in [-0.3, -0.25) is 4.40 Å². The van der Waals surface area contributed by atoms with Gasteiger partial charge in [0.1, 0.15) is 36.6 Å². The van der Waals surface area contributed by atoms with E-state index in [1.165, 1.54) is 0 Å². The molecule has 0 saturated carbocycles. The van der Waals surface area contributed by atoms with Crippen LogP contribution in [0.2, 0.25) is 0 Å². The Morgan fingerprint density at radius 1 is 1.08 bits per heavy atom. The summed E-state index contributed by atoms with van der Waals surface area (Å²) >= 11 is 0. The molecule has 0 radical (unpaired) electrons. The van der Waals surface area contributed by atoms with Crippen molar-refractivity contribution in [3.05, 3.63) is 72.3 Å². The Morgan fingerprint density at radius 3 is 2.83 bits per heavy atom. The molecule has 10 nitrogen and oxygen atoms in total. The Hall–Kier alpha value is -4.47. The van der Waals surface area contributed by atoms with Crippen LogP contribution in [0.5, 0.6) is 5.75 Å². The van der Waals surface area contributed by atoms with Crippen LogP contribution >= 0.6 is 0 Å². The van der Waals surface area contributed by atoms with Crippen molar-refractivity contribution in [3.63, 3.8) is 0 Å². The third kappa shape index (κ3) is 4.45. The van der Waals surface area contributed by atoms with Gasteiger partial charge in [-0.15, -0.1) is 10.2 Å². The molecule has 36 heavy (non-hydrogen) atoms. The third-order valence-electron chi connectivity index (χ3n) is 6.10. The van der Waals surface area contributed by atoms with E-state index in [0.29, 0.717) is 12.6 Å². The number of hydrogen-bond donors (Lipinski definition) is 2. The van der Waals surface area contributed by atoms with Gasteiger partial charge in [-0.1, -0.05) is 0 Å². The maximum absolute atomic E-state index is 6.18. The average molecular weight is 483 g/mol. The van der Waals surface area contributed by atoms with E-state index in [1.54, 1.807) is 12.7 Å². The highest BCUT2D eigenvalue weighted by molar-refractivity contribution is 5.96. The second-order valence-corrected chi connectivity index (χ2v) is 9.56. The molecular formula is C26H26N8O2. The number of nitrogens with one attached hydrogen (secondary N) is 2. The molecule has 2 N–H and O–H groups in total. The summed E-state index contributed by atoms with van der Waals surface area (Å²) < 4.78 is 13.7. The van der Waals surface area contributed by atoms with Crippen LogP contribution in [0.15, 0.2) is 77.3 Å². The number of amidine groups is 1. The third-order valence-corrected chi connectivity index (χ3v) is 6.10. The summed E-state index contributed by atoms with van der Waals surface area (Å²) in [6.07, 6.45) is 8.80. The van der Waals surface area contributed by atoms with Crippen molar-refractivity contribution in [3.8, 4) is 5.75 Å². The SMILES string of the molecule is CC1=C(Oc2ccn3cnnc3c2)CCC(Nc2ncnc3ccc(NC4=NC(C)(C)CO4)cc23)=C1. The summed E-state index contributed by atoms with van der Waals surface area (Å²) in [6, 6.07) is 10.3. The van der Waals surface area contributed by atoms with Crippen molar-refractivity contribution in [2.75, 3.05) is 17.2 Å². The molecule has 0 fully saturated rings. The number of ether oxygens (including phenoxy) is 2. The minimum Gasteiger partial charge on any atom is -0.462 e. The largest absolute Gasteiger partial charge is 0.462 e. The van der Waals surface area contributed by atoms with E-state index < -0.39 is 0 Å². The van der Waals surface area contributed by atoms with Gasteiger partial charge in [0, 0.05) is 35.5 Å². The monoisotopic (exact) mass is 482 g/mol. The standard InChI is InChI=1S/C26H26N8O2/c1-16-10-17(5-7-22(16)36-19-8-9-34-15-29-33-23(34)12-19)30-24-20-11-18(4-6-21(20)27-14-28-24)31-25-32-26(2,3)13-35-25/h4,6,8-12,14-15H,5,7,13H2,1-3H3,(H,31,32)(H,27,28,30). The zero-order valence-corrected chi connectivity index (χ0v) is 20.3. The molecule has 1 aromatic carbocycles. The molecule has 0 bridgehead atoms. The number of aliphatic imine (C=N–C) groups is 1. The van der Waals surface area contributed by atoms with Gasteiger partial charge in [-0.25, -0.2) is 15.0 Å². The van der Waals surface area contributed by atoms with Gasteiger partial charge in [0.15, 0.2) is 5.65 Å². The first kappa shape index (κ1) is 22.0. The summed E-state index contributed by atoms with van der Waals surface area (Å²) in [5.41, 5.74) is 4.37. The van der Waals surface area contributed by atoms with E-state index in [2.05, 4.69) is 48.8 Å². The molecule has 1 aliphatic carbocycles. The maximum Gasteiger partial charge on any atom is 0.289 e. The average Bonchev–Trinajstić information content (AvgIpc) is 3.46. The van der Waals surface area contributed by atoms with Crippen LogP contribution in [0.3, 0.4) is 0 Å². The molecular weight excluding hydrogens is 456 g/mol. The highest BCUT2D eigenvalue weighted by atomic mass is 16.5. The fourth-order valence-electron chi connectivity index (χ4n) is 4.25. The number of hydrogen-bond acceptors (Lipinski definition) is 9. The molecule has 2 aliphatic rings. The number of allylic oxidation sites excluding steroid dienone is 4. The zero-order valence-electron chi connectivity index (χ0n) is 20.3. The van der Waals surface area contributed by atoms with Gasteiger partial charge in [0.25, 0.3) is 6.02 Å². The van der Waals surface area contributed by atoms with Gasteiger partial charge in [0.2, 0.25) is 0 Å². The topological polar surface area (TPSA) is 111 Å². The van der Waals surface area contributed by atoms with Gasteiger partial charge in [-0.2, -0.15) is 0 Å². The van der Waals surface area contributed by atoms with Gasteiger partial charge < -0.3 is 20.1 Å². The molecule has 182 valence electrons. The number of nitrogens with zero attached hydrogens (tertiary/aromatic N) is 6. The van der Waals surface area contributed by atoms with Crippen molar-refractivity contribution >= 4 is 34.1 Å². The molecule has 0 amide bonds. The Balaban J connectivity index is 1.22. The minimum atomic E-state index is -0.223. The maximum atomic E-state index is 6.18.